The summed E-state index contributed by atoms with van der Waals surface area (Å²) in [5.41, 5.74) is 1.77. The molecule has 0 aliphatic carbocycles. The van der Waals surface area contributed by atoms with E-state index in [9.17, 15) is 9.59 Å². The highest BCUT2D eigenvalue weighted by molar-refractivity contribution is 7.10. The van der Waals surface area contributed by atoms with Crippen molar-refractivity contribution in [3.8, 4) is 0 Å². The van der Waals surface area contributed by atoms with E-state index >= 15 is 0 Å². The minimum absolute atomic E-state index is 0.0168. The number of benzene rings is 1. The highest BCUT2D eigenvalue weighted by Gasteiger charge is 2.35. The zero-order chi connectivity index (χ0) is 18.8. The third kappa shape index (κ3) is 3.62. The van der Waals surface area contributed by atoms with Gasteiger partial charge in [-0.15, -0.1) is 11.3 Å². The molecule has 1 aliphatic heterocycles. The predicted molar refractivity (Wildman–Crippen MR) is 104 cm³/mol. The van der Waals surface area contributed by atoms with E-state index in [1.54, 1.807) is 16.2 Å². The van der Waals surface area contributed by atoms with Gasteiger partial charge in [0.05, 0.1) is 6.42 Å². The van der Waals surface area contributed by atoms with Crippen molar-refractivity contribution in [2.24, 2.45) is 0 Å². The molecule has 0 bridgehead atoms. The molecule has 1 unspecified atom stereocenters. The smallest absolute Gasteiger partial charge is 0.329 e. The zero-order valence-corrected chi connectivity index (χ0v) is 16.0. The lowest BCUT2D eigenvalue weighted by Gasteiger charge is -2.23. The van der Waals surface area contributed by atoms with E-state index in [1.807, 2.05) is 48.7 Å². The molecule has 0 spiro atoms. The van der Waals surface area contributed by atoms with Gasteiger partial charge in [0.25, 0.3) is 0 Å². The number of carbonyl (C=O) groups is 2. The molecular weight excluding hydrogens is 362 g/mol. The van der Waals surface area contributed by atoms with E-state index in [4.69, 9.17) is 9.15 Å². The average molecular weight is 383 g/mol. The first-order valence-electron chi connectivity index (χ1n) is 9.09. The summed E-state index contributed by atoms with van der Waals surface area (Å²) in [4.78, 5) is 27.9. The largest absolute Gasteiger partial charge is 0.457 e. The maximum Gasteiger partial charge on any atom is 0.329 e. The Morgan fingerprint density at radius 1 is 1.26 bits per heavy atom. The molecule has 1 aliphatic rings. The second kappa shape index (κ2) is 7.56. The van der Waals surface area contributed by atoms with Gasteiger partial charge < -0.3 is 14.1 Å². The Balaban J connectivity index is 1.40. The van der Waals surface area contributed by atoms with Crippen LogP contribution in [0.1, 0.15) is 29.0 Å². The first-order valence-corrected chi connectivity index (χ1v) is 9.97. The monoisotopic (exact) mass is 383 g/mol. The van der Waals surface area contributed by atoms with Gasteiger partial charge >= 0.3 is 5.97 Å². The van der Waals surface area contributed by atoms with Gasteiger partial charge in [-0.25, -0.2) is 4.79 Å². The van der Waals surface area contributed by atoms with Crippen molar-refractivity contribution >= 4 is 34.2 Å². The fourth-order valence-corrected chi connectivity index (χ4v) is 4.27. The van der Waals surface area contributed by atoms with Crippen LogP contribution in [0.2, 0.25) is 0 Å². The number of para-hydroxylation sites is 1. The van der Waals surface area contributed by atoms with Crippen LogP contribution >= 0.6 is 11.3 Å². The van der Waals surface area contributed by atoms with E-state index in [0.717, 1.165) is 27.8 Å². The number of amides is 1. The van der Waals surface area contributed by atoms with E-state index in [2.05, 4.69) is 0 Å². The van der Waals surface area contributed by atoms with Gasteiger partial charge in [-0.05, 0) is 37.3 Å². The number of hydrogen-bond acceptors (Lipinski definition) is 5. The molecule has 5 nitrogen and oxygen atoms in total. The first kappa shape index (κ1) is 17.8. The number of ether oxygens (including phenoxy) is 1. The summed E-state index contributed by atoms with van der Waals surface area (Å²) >= 11 is 1.55. The number of rotatable bonds is 5. The van der Waals surface area contributed by atoms with Gasteiger partial charge in [-0.3, -0.25) is 4.79 Å². The van der Waals surface area contributed by atoms with Crippen molar-refractivity contribution in [3.63, 3.8) is 0 Å². The molecule has 0 radical (unpaired) electrons. The highest BCUT2D eigenvalue weighted by atomic mass is 32.1. The molecule has 3 heterocycles. The van der Waals surface area contributed by atoms with Crippen LogP contribution in [0.3, 0.4) is 0 Å². The Bertz CT molecular complexity index is 960. The Morgan fingerprint density at radius 2 is 2.11 bits per heavy atom. The van der Waals surface area contributed by atoms with Crippen molar-refractivity contribution in [1.82, 2.24) is 4.90 Å². The minimum Gasteiger partial charge on any atom is -0.457 e. The van der Waals surface area contributed by atoms with Crippen molar-refractivity contribution in [1.29, 1.82) is 0 Å². The molecule has 2 aromatic heterocycles. The molecule has 0 saturated carbocycles. The van der Waals surface area contributed by atoms with Gasteiger partial charge in [0.2, 0.25) is 5.91 Å². The van der Waals surface area contributed by atoms with Crippen molar-refractivity contribution in [2.45, 2.75) is 38.8 Å². The number of esters is 1. The number of fused-ring (bicyclic) bond motifs is 1. The fourth-order valence-electron chi connectivity index (χ4n) is 3.57. The average Bonchev–Trinajstić information content (AvgIpc) is 3.40. The third-order valence-corrected chi connectivity index (χ3v) is 5.92. The molecule has 1 saturated heterocycles. The molecule has 140 valence electrons. The SMILES string of the molecule is Cc1c(COC(=O)C2CCCN2C(=O)Cc2cccs2)oc2ccccc12. The summed E-state index contributed by atoms with van der Waals surface area (Å²) in [5.74, 6) is 0.280. The summed E-state index contributed by atoms with van der Waals surface area (Å²) in [5, 5.41) is 2.98. The van der Waals surface area contributed by atoms with Crippen molar-refractivity contribution in [3.05, 3.63) is 58.0 Å². The Kier molecular flexibility index (Phi) is 4.99. The normalized spacial score (nSPS) is 16.8. The zero-order valence-electron chi connectivity index (χ0n) is 15.1. The number of furan rings is 1. The molecule has 1 amide bonds. The summed E-state index contributed by atoms with van der Waals surface area (Å²) < 4.78 is 11.3. The third-order valence-electron chi connectivity index (χ3n) is 5.04. The van der Waals surface area contributed by atoms with E-state index in [0.29, 0.717) is 25.1 Å². The summed E-state index contributed by atoms with van der Waals surface area (Å²) in [6.45, 7) is 2.65. The topological polar surface area (TPSA) is 59.8 Å². The highest BCUT2D eigenvalue weighted by Crippen LogP contribution is 2.26. The Labute approximate surface area is 161 Å². The molecule has 6 heteroatoms. The van der Waals surface area contributed by atoms with Crippen LogP contribution in [-0.4, -0.2) is 29.4 Å². The molecule has 4 rings (SSSR count). The maximum absolute atomic E-state index is 12.6. The van der Waals surface area contributed by atoms with Crippen LogP contribution in [-0.2, 0) is 27.4 Å². The number of likely N-dealkylation sites (tertiary alicyclic amines) is 1. The molecular formula is C21H21NO4S. The van der Waals surface area contributed by atoms with E-state index < -0.39 is 6.04 Å². The molecule has 27 heavy (non-hydrogen) atoms. The van der Waals surface area contributed by atoms with E-state index in [-0.39, 0.29) is 18.5 Å². The quantitative estimate of drug-likeness (QED) is 0.623. The van der Waals surface area contributed by atoms with Crippen LogP contribution in [0, 0.1) is 6.92 Å². The van der Waals surface area contributed by atoms with Crippen LogP contribution < -0.4 is 0 Å². The van der Waals surface area contributed by atoms with Crippen molar-refractivity contribution in [2.75, 3.05) is 6.54 Å². The summed E-state index contributed by atoms with van der Waals surface area (Å²) in [6.07, 6.45) is 1.80. The van der Waals surface area contributed by atoms with E-state index in [1.165, 1.54) is 0 Å². The van der Waals surface area contributed by atoms with Gasteiger partial charge in [-0.1, -0.05) is 24.3 Å². The maximum atomic E-state index is 12.6. The molecule has 1 atom stereocenters. The number of carbonyl (C=O) groups excluding carboxylic acids is 2. The van der Waals surface area contributed by atoms with Crippen LogP contribution in [0.15, 0.2) is 46.2 Å². The van der Waals surface area contributed by atoms with Crippen LogP contribution in [0.25, 0.3) is 11.0 Å². The standard InChI is InChI=1S/C21H21NO4S/c1-14-16-7-2-3-9-18(16)26-19(14)13-25-21(24)17-8-4-10-22(17)20(23)12-15-6-5-11-27-15/h2-3,5-7,9,11,17H,4,8,10,12-13H2,1H3. The minimum atomic E-state index is -0.498. The number of thiophene rings is 1. The fraction of sp³-hybridized carbons (Fsp3) is 0.333. The molecule has 3 aromatic rings. The predicted octanol–water partition coefficient (Wildman–Crippen LogP) is 4.08. The van der Waals surface area contributed by atoms with Gasteiger partial charge in [0.15, 0.2) is 0 Å². The lowest BCUT2D eigenvalue weighted by molar-refractivity contribution is -0.154. The van der Waals surface area contributed by atoms with Gasteiger partial charge in [0.1, 0.15) is 24.0 Å². The molecule has 0 N–H and O–H groups in total. The van der Waals surface area contributed by atoms with Crippen LogP contribution in [0.5, 0.6) is 0 Å². The van der Waals surface area contributed by atoms with Crippen molar-refractivity contribution < 1.29 is 18.7 Å². The second-order valence-electron chi connectivity index (χ2n) is 6.76. The lowest BCUT2D eigenvalue weighted by atomic mass is 10.1. The van der Waals surface area contributed by atoms with Crippen LogP contribution in [0.4, 0.5) is 0 Å². The number of nitrogens with zero attached hydrogens (tertiary/aromatic N) is 1. The summed E-state index contributed by atoms with van der Waals surface area (Å²) in [6, 6.07) is 11.1. The molecule has 1 fully saturated rings. The number of aryl methyl sites for hydroxylation is 1. The second-order valence-corrected chi connectivity index (χ2v) is 7.79. The van der Waals surface area contributed by atoms with Gasteiger partial charge in [-0.2, -0.15) is 0 Å². The Morgan fingerprint density at radius 3 is 2.89 bits per heavy atom. The Hall–Kier alpha value is -2.60. The lowest BCUT2D eigenvalue weighted by Crippen LogP contribution is -2.42. The first-order chi connectivity index (χ1) is 13.1. The summed E-state index contributed by atoms with van der Waals surface area (Å²) in [7, 11) is 0. The number of hydrogen-bond donors (Lipinski definition) is 0. The molecule has 1 aromatic carbocycles. The van der Waals surface area contributed by atoms with Gasteiger partial charge in [0, 0.05) is 22.4 Å².